The third-order valence-corrected chi connectivity index (χ3v) is 8.77. The van der Waals surface area contributed by atoms with Gasteiger partial charge in [0.2, 0.25) is 0 Å². The fraction of sp³-hybridized carbons (Fsp3) is 0.273. The van der Waals surface area contributed by atoms with Gasteiger partial charge >= 0.3 is 6.09 Å². The lowest BCUT2D eigenvalue weighted by atomic mass is 10.1. The van der Waals surface area contributed by atoms with Crippen LogP contribution in [0.3, 0.4) is 0 Å². The highest BCUT2D eigenvalue weighted by molar-refractivity contribution is 7.93. The van der Waals surface area contributed by atoms with Gasteiger partial charge < -0.3 is 19.9 Å². The number of ether oxygens (including phenoxy) is 2. The van der Waals surface area contributed by atoms with Gasteiger partial charge in [-0.2, -0.15) is 0 Å². The second kappa shape index (κ2) is 10.2. The molecule has 1 atom stereocenters. The number of hydrogen-bond donors (Lipinski definition) is 2. The molecular formula is C22H23ClN4O6S2. The van der Waals surface area contributed by atoms with Gasteiger partial charge in [0.15, 0.2) is 5.13 Å². The van der Waals surface area contributed by atoms with Crippen LogP contribution in [0.15, 0.2) is 52.9 Å². The van der Waals surface area contributed by atoms with E-state index in [0.717, 1.165) is 0 Å². The van der Waals surface area contributed by atoms with Crippen LogP contribution in [0.25, 0.3) is 0 Å². The molecule has 2 N–H and O–H groups in total. The van der Waals surface area contributed by atoms with Crippen LogP contribution in [-0.2, 0) is 16.6 Å². The zero-order valence-corrected chi connectivity index (χ0v) is 21.2. The van der Waals surface area contributed by atoms with E-state index in [4.69, 9.17) is 21.1 Å². The Hall–Kier alpha value is -3.22. The highest BCUT2D eigenvalue weighted by atomic mass is 35.5. The van der Waals surface area contributed by atoms with Crippen molar-refractivity contribution in [2.45, 2.75) is 24.0 Å². The Kier molecular flexibility index (Phi) is 7.24. The van der Waals surface area contributed by atoms with Crippen LogP contribution >= 0.6 is 22.9 Å². The number of carbonyl (C=O) groups is 1. The number of hydrogen-bond acceptors (Lipinski definition) is 8. The number of carboxylic acid groups (broad SMARTS) is 1. The number of aromatic nitrogens is 1. The molecule has 186 valence electrons. The van der Waals surface area contributed by atoms with Crippen molar-refractivity contribution in [2.24, 2.45) is 0 Å². The number of nitrogens with zero attached hydrogens (tertiary/aromatic N) is 3. The summed E-state index contributed by atoms with van der Waals surface area (Å²) in [5.74, 6) is 1.03. The number of rotatable bonds is 9. The standard InChI is InChI=1S/C22H23ClN4O6S2/c1-32-15-7-6-14(17(12-15)33-2)13-27(21-24-9-11-34-21)35(30,31)18-5-3-4-16(20(18)23)25-19-8-10-26(19)22(28)29/h3-7,9,11-12,19,25H,8,10,13H2,1-2H3,(H,28,29). The molecule has 1 unspecified atom stereocenters. The SMILES string of the molecule is COc1ccc(CN(c2nccs2)S(=O)(=O)c2cccc(NC3CCN3C(=O)O)c2Cl)c(OC)c1. The van der Waals surface area contributed by atoms with E-state index in [1.54, 1.807) is 35.7 Å². The summed E-state index contributed by atoms with van der Waals surface area (Å²) >= 11 is 7.73. The molecule has 1 fully saturated rings. The zero-order valence-electron chi connectivity index (χ0n) is 18.8. The predicted molar refractivity (Wildman–Crippen MR) is 133 cm³/mol. The van der Waals surface area contributed by atoms with Crippen LogP contribution in [0.1, 0.15) is 12.0 Å². The highest BCUT2D eigenvalue weighted by Crippen LogP contribution is 2.37. The lowest BCUT2D eigenvalue weighted by Gasteiger charge is -2.39. The summed E-state index contributed by atoms with van der Waals surface area (Å²) < 4.78 is 39.6. The Morgan fingerprint density at radius 2 is 2.11 bits per heavy atom. The predicted octanol–water partition coefficient (Wildman–Crippen LogP) is 4.33. The zero-order chi connectivity index (χ0) is 25.2. The number of thiazole rings is 1. The average Bonchev–Trinajstić information content (AvgIpc) is 3.34. The van der Waals surface area contributed by atoms with E-state index in [2.05, 4.69) is 10.3 Å². The molecule has 2 heterocycles. The number of nitrogens with one attached hydrogen (secondary N) is 1. The number of anilines is 2. The van der Waals surface area contributed by atoms with Crippen molar-refractivity contribution in [3.8, 4) is 11.5 Å². The van der Waals surface area contributed by atoms with Gasteiger partial charge in [-0.25, -0.2) is 22.5 Å². The first-order chi connectivity index (χ1) is 16.8. The monoisotopic (exact) mass is 538 g/mol. The fourth-order valence-corrected chi connectivity index (χ4v) is 6.45. The molecule has 1 aliphatic heterocycles. The number of likely N-dealkylation sites (tertiary alicyclic amines) is 1. The molecule has 35 heavy (non-hydrogen) atoms. The number of sulfonamides is 1. The van der Waals surface area contributed by atoms with Crippen LogP contribution in [-0.4, -0.2) is 56.4 Å². The Balaban J connectivity index is 1.71. The molecule has 13 heteroatoms. The number of amides is 1. The minimum atomic E-state index is -4.18. The minimum Gasteiger partial charge on any atom is -0.497 e. The summed E-state index contributed by atoms with van der Waals surface area (Å²) in [6.45, 7) is 0.330. The van der Waals surface area contributed by atoms with E-state index in [0.29, 0.717) is 35.7 Å². The lowest BCUT2D eigenvalue weighted by molar-refractivity contribution is 0.0870. The van der Waals surface area contributed by atoms with Crippen LogP contribution < -0.4 is 19.1 Å². The molecular weight excluding hydrogens is 516 g/mol. The summed E-state index contributed by atoms with van der Waals surface area (Å²) in [5, 5.41) is 14.2. The van der Waals surface area contributed by atoms with Gasteiger partial charge in [-0.1, -0.05) is 17.7 Å². The highest BCUT2D eigenvalue weighted by Gasteiger charge is 2.34. The number of benzene rings is 2. The van der Waals surface area contributed by atoms with Gasteiger partial charge in [-0.3, -0.25) is 4.90 Å². The molecule has 0 bridgehead atoms. The van der Waals surface area contributed by atoms with Crippen molar-refractivity contribution in [1.29, 1.82) is 0 Å². The molecule has 1 aromatic heterocycles. The maximum Gasteiger partial charge on any atom is 0.408 e. The maximum atomic E-state index is 13.9. The van der Waals surface area contributed by atoms with E-state index in [1.165, 1.54) is 47.0 Å². The first-order valence-electron chi connectivity index (χ1n) is 10.4. The molecule has 3 aromatic rings. The van der Waals surface area contributed by atoms with Crippen molar-refractivity contribution in [1.82, 2.24) is 9.88 Å². The topological polar surface area (TPSA) is 121 Å². The second-order valence-corrected chi connectivity index (χ2v) is 10.6. The molecule has 2 aromatic carbocycles. The van der Waals surface area contributed by atoms with E-state index in [9.17, 15) is 18.3 Å². The molecule has 1 amide bonds. The van der Waals surface area contributed by atoms with Gasteiger partial charge in [-0.15, -0.1) is 11.3 Å². The summed E-state index contributed by atoms with van der Waals surface area (Å²) in [6, 6.07) is 9.69. The molecule has 4 rings (SSSR count). The van der Waals surface area contributed by atoms with Crippen molar-refractivity contribution in [2.75, 3.05) is 30.4 Å². The second-order valence-electron chi connectivity index (χ2n) is 7.55. The summed E-state index contributed by atoms with van der Waals surface area (Å²) in [7, 11) is -1.15. The normalized spacial score (nSPS) is 15.3. The molecule has 10 nitrogen and oxygen atoms in total. The summed E-state index contributed by atoms with van der Waals surface area (Å²) in [6.07, 6.45) is 0.561. The van der Waals surface area contributed by atoms with Gasteiger partial charge in [0, 0.05) is 36.2 Å². The Morgan fingerprint density at radius 1 is 1.31 bits per heavy atom. The largest absolute Gasteiger partial charge is 0.497 e. The summed E-state index contributed by atoms with van der Waals surface area (Å²) in [4.78, 5) is 16.6. The smallest absolute Gasteiger partial charge is 0.408 e. The molecule has 0 aliphatic carbocycles. The van der Waals surface area contributed by atoms with Crippen LogP contribution in [0.4, 0.5) is 15.6 Å². The first-order valence-corrected chi connectivity index (χ1v) is 13.1. The molecule has 1 aliphatic rings. The third kappa shape index (κ3) is 4.95. The fourth-order valence-electron chi connectivity index (χ4n) is 3.62. The molecule has 0 saturated carbocycles. The lowest BCUT2D eigenvalue weighted by Crippen LogP contribution is -2.54. The quantitative estimate of drug-likeness (QED) is 0.413. The van der Waals surface area contributed by atoms with Crippen molar-refractivity contribution in [3.63, 3.8) is 0 Å². The van der Waals surface area contributed by atoms with Crippen molar-refractivity contribution in [3.05, 3.63) is 58.6 Å². The average molecular weight is 539 g/mol. The number of halogens is 1. The van der Waals surface area contributed by atoms with E-state index < -0.39 is 22.3 Å². The summed E-state index contributed by atoms with van der Waals surface area (Å²) in [5.41, 5.74) is 0.925. The third-order valence-electron chi connectivity index (χ3n) is 5.56. The Labute approximate surface area is 211 Å². The van der Waals surface area contributed by atoms with Crippen LogP contribution in [0, 0.1) is 0 Å². The van der Waals surface area contributed by atoms with E-state index in [-0.39, 0.29) is 21.6 Å². The molecule has 0 radical (unpaired) electrons. The molecule has 0 spiro atoms. The van der Waals surface area contributed by atoms with Gasteiger partial charge in [0.25, 0.3) is 10.0 Å². The van der Waals surface area contributed by atoms with Gasteiger partial charge in [-0.05, 0) is 24.3 Å². The van der Waals surface area contributed by atoms with Gasteiger partial charge in [0.05, 0.1) is 31.5 Å². The maximum absolute atomic E-state index is 13.9. The first kappa shape index (κ1) is 24.9. The number of methoxy groups -OCH3 is 2. The van der Waals surface area contributed by atoms with E-state index >= 15 is 0 Å². The van der Waals surface area contributed by atoms with Gasteiger partial charge in [0.1, 0.15) is 22.6 Å². The Morgan fingerprint density at radius 3 is 2.71 bits per heavy atom. The van der Waals surface area contributed by atoms with E-state index in [1.807, 2.05) is 0 Å². The van der Waals surface area contributed by atoms with Crippen molar-refractivity contribution < 1.29 is 27.8 Å². The van der Waals surface area contributed by atoms with Crippen LogP contribution in [0.5, 0.6) is 11.5 Å². The van der Waals surface area contributed by atoms with Crippen LogP contribution in [0.2, 0.25) is 5.02 Å². The van der Waals surface area contributed by atoms with Crippen molar-refractivity contribution >= 4 is 49.9 Å². The Bertz CT molecular complexity index is 1320. The minimum absolute atomic E-state index is 0.0343. The molecule has 1 saturated heterocycles.